The monoisotopic (exact) mass is 182 g/mol. The molecule has 0 heteroatoms. The number of rotatable bonds is 0. The Morgan fingerprint density at radius 3 is 1.54 bits per heavy atom. The molecule has 0 radical (unpaired) electrons. The molecule has 0 aromatic rings. The van der Waals surface area contributed by atoms with Gasteiger partial charge in [-0.2, -0.15) is 0 Å². The van der Waals surface area contributed by atoms with Crippen molar-refractivity contribution in [2.45, 2.75) is 53.9 Å². The van der Waals surface area contributed by atoms with Crippen LogP contribution in [0.4, 0.5) is 0 Å². The molecular formula is C13H26. The topological polar surface area (TPSA) is 0 Å². The lowest BCUT2D eigenvalue weighted by Crippen LogP contribution is -1.42. The maximum atomic E-state index is 4.60. The van der Waals surface area contributed by atoms with Crippen LogP contribution in [0, 0.1) is 18.3 Å². The predicted octanol–water partition coefficient (Wildman–Crippen LogP) is 4.66. The van der Waals surface area contributed by atoms with Crippen LogP contribution in [0.2, 0.25) is 0 Å². The summed E-state index contributed by atoms with van der Waals surface area (Å²) in [6, 6.07) is 0. The zero-order valence-corrected chi connectivity index (χ0v) is 10.1. The highest BCUT2D eigenvalue weighted by molar-refractivity contribution is 4.73. The van der Waals surface area contributed by atoms with Crippen LogP contribution in [-0.2, 0) is 0 Å². The highest BCUT2D eigenvalue weighted by Gasteiger charge is 2.12. The largest absolute Gasteiger partial charge is 0.120 e. The molecule has 0 N–H and O–H groups in total. The molecule has 0 aliphatic heterocycles. The lowest BCUT2D eigenvalue weighted by molar-refractivity contribution is 0.983. The molecule has 1 aliphatic rings. The number of hydrogen-bond donors (Lipinski definition) is 0. The summed E-state index contributed by atoms with van der Waals surface area (Å²) < 4.78 is 0. The normalized spacial score (nSPS) is 11.1. The molecule has 0 nitrogen and oxygen atoms in total. The van der Waals surface area contributed by atoms with Gasteiger partial charge in [-0.25, -0.2) is 0 Å². The van der Waals surface area contributed by atoms with Gasteiger partial charge in [-0.1, -0.05) is 46.1 Å². The summed E-state index contributed by atoms with van der Waals surface area (Å²) in [5.74, 6) is 3.33. The molecule has 1 fully saturated rings. The van der Waals surface area contributed by atoms with E-state index in [1.807, 2.05) is 6.92 Å². The Bertz CT molecular complexity index is 102. The van der Waals surface area contributed by atoms with Gasteiger partial charge in [0, 0.05) is 0 Å². The van der Waals surface area contributed by atoms with E-state index in [9.17, 15) is 0 Å². The highest BCUT2D eigenvalue weighted by Crippen LogP contribution is 2.26. The Balaban J connectivity index is -0.000000104. The molecule has 1 aliphatic carbocycles. The van der Waals surface area contributed by atoms with Crippen molar-refractivity contribution in [3.05, 3.63) is 12.7 Å². The molecule has 0 spiro atoms. The lowest BCUT2D eigenvalue weighted by Gasteiger charge is -1.53. The fraction of sp³-hybridized carbons (Fsp3) is 0.692. The van der Waals surface area contributed by atoms with Crippen molar-refractivity contribution in [1.82, 2.24) is 0 Å². The average molecular weight is 182 g/mol. The van der Waals surface area contributed by atoms with Crippen molar-refractivity contribution < 1.29 is 0 Å². The minimum absolute atomic E-state index is 1.08. The van der Waals surface area contributed by atoms with Gasteiger partial charge in [-0.05, 0) is 19.8 Å². The Morgan fingerprint density at radius 1 is 1.46 bits per heavy atom. The molecule has 1 rings (SSSR count). The maximum Gasteiger partial charge on any atom is -0.00297 e. The molecule has 0 heterocycles. The first kappa shape index (κ1) is 18.2. The van der Waals surface area contributed by atoms with E-state index in [0.717, 1.165) is 5.92 Å². The summed E-state index contributed by atoms with van der Waals surface area (Å²) in [5.41, 5.74) is 0. The van der Waals surface area contributed by atoms with Crippen molar-refractivity contribution in [3.8, 4) is 12.3 Å². The van der Waals surface area contributed by atoms with E-state index in [1.54, 1.807) is 13.0 Å². The Hall–Kier alpha value is -0.700. The number of terminal acetylenes is 1. The highest BCUT2D eigenvalue weighted by atomic mass is 14.2. The van der Waals surface area contributed by atoms with Crippen LogP contribution in [0.5, 0.6) is 0 Å². The number of hydrogen-bond acceptors (Lipinski definition) is 0. The lowest BCUT2D eigenvalue weighted by atomic mass is 10.5. The third-order valence-corrected chi connectivity index (χ3v) is 0.866. The molecule has 0 saturated heterocycles. The zero-order valence-electron chi connectivity index (χ0n) is 10.1. The molecule has 0 amide bonds. The third-order valence-electron chi connectivity index (χ3n) is 0.866. The van der Waals surface area contributed by atoms with Gasteiger partial charge in [0.2, 0.25) is 0 Å². The molecule has 1 saturated carbocycles. The molecule has 78 valence electrons. The minimum Gasteiger partial charge on any atom is -0.120 e. The zero-order chi connectivity index (χ0) is 11.1. The fourth-order valence-electron chi connectivity index (χ4n) is 0.167. The van der Waals surface area contributed by atoms with Crippen LogP contribution in [0.1, 0.15) is 53.9 Å². The quantitative estimate of drug-likeness (QED) is 0.377. The van der Waals surface area contributed by atoms with Crippen LogP contribution < -0.4 is 0 Å². The maximum absolute atomic E-state index is 4.60. The van der Waals surface area contributed by atoms with E-state index < -0.39 is 0 Å². The second-order valence-electron chi connectivity index (χ2n) is 3.09. The van der Waals surface area contributed by atoms with E-state index in [2.05, 4.69) is 39.7 Å². The van der Waals surface area contributed by atoms with Gasteiger partial charge in [-0.15, -0.1) is 18.9 Å². The third kappa shape index (κ3) is 185. The second-order valence-corrected chi connectivity index (χ2v) is 3.09. The van der Waals surface area contributed by atoms with Crippen LogP contribution in [-0.4, -0.2) is 0 Å². The number of allylic oxidation sites excluding steroid dienone is 1. The van der Waals surface area contributed by atoms with Gasteiger partial charge in [-0.3, -0.25) is 0 Å². The van der Waals surface area contributed by atoms with Crippen LogP contribution in [0.25, 0.3) is 0 Å². The van der Waals surface area contributed by atoms with Gasteiger partial charge >= 0.3 is 0 Å². The van der Waals surface area contributed by atoms with Crippen molar-refractivity contribution in [2.24, 2.45) is 5.92 Å². The first-order valence-corrected chi connectivity index (χ1v) is 5.08. The van der Waals surface area contributed by atoms with E-state index >= 15 is 0 Å². The second kappa shape index (κ2) is 22.5. The summed E-state index contributed by atoms with van der Waals surface area (Å²) in [5, 5.41) is 0. The van der Waals surface area contributed by atoms with E-state index in [4.69, 9.17) is 0 Å². The average Bonchev–Trinajstić information content (AvgIpc) is 2.76. The molecular weight excluding hydrogens is 156 g/mol. The van der Waals surface area contributed by atoms with Crippen LogP contribution in [0.3, 0.4) is 0 Å². The summed E-state index contributed by atoms with van der Waals surface area (Å²) in [6.45, 7) is 13.4. The first-order chi connectivity index (χ1) is 6.14. The van der Waals surface area contributed by atoms with Crippen molar-refractivity contribution in [3.63, 3.8) is 0 Å². The predicted molar refractivity (Wildman–Crippen MR) is 64.7 cm³/mol. The standard InChI is InChI=1S/C4H8.C3H8.C3H6.C3H4/c1-4-2-3-4;3*1-3-2/h4H,2-3H2,1H3;3H2,1-2H3;3H,1H2,2H3;1H,2H3. The van der Waals surface area contributed by atoms with E-state index in [-0.39, 0.29) is 0 Å². The summed E-state index contributed by atoms with van der Waals surface area (Å²) >= 11 is 0. The minimum atomic E-state index is 1.08. The Labute approximate surface area is 85.4 Å². The Kier molecular flexibility index (Phi) is 31.4. The first-order valence-electron chi connectivity index (χ1n) is 5.08. The Morgan fingerprint density at radius 2 is 1.54 bits per heavy atom. The van der Waals surface area contributed by atoms with Crippen LogP contribution in [0.15, 0.2) is 12.7 Å². The SMILES string of the molecule is C#CC.C=CC.CC1CC1.CCC. The van der Waals surface area contributed by atoms with Crippen LogP contribution >= 0.6 is 0 Å². The van der Waals surface area contributed by atoms with Crippen molar-refractivity contribution >= 4 is 0 Å². The molecule has 0 aromatic carbocycles. The van der Waals surface area contributed by atoms with Gasteiger partial charge in [0.25, 0.3) is 0 Å². The summed E-state index contributed by atoms with van der Waals surface area (Å²) in [7, 11) is 0. The van der Waals surface area contributed by atoms with Gasteiger partial charge < -0.3 is 0 Å². The smallest absolute Gasteiger partial charge is 0.00297 e. The molecule has 13 heavy (non-hydrogen) atoms. The van der Waals surface area contributed by atoms with Gasteiger partial charge in [0.05, 0.1) is 0 Å². The molecule has 0 bridgehead atoms. The van der Waals surface area contributed by atoms with Crippen molar-refractivity contribution in [2.75, 3.05) is 0 Å². The fourth-order valence-corrected chi connectivity index (χ4v) is 0.167. The molecule has 0 aromatic heterocycles. The summed E-state index contributed by atoms with van der Waals surface area (Å²) in [6.07, 6.45) is 10.6. The van der Waals surface area contributed by atoms with E-state index in [1.165, 1.54) is 19.3 Å². The van der Waals surface area contributed by atoms with E-state index in [0.29, 0.717) is 0 Å². The summed E-state index contributed by atoms with van der Waals surface area (Å²) in [4.78, 5) is 0. The van der Waals surface area contributed by atoms with Crippen molar-refractivity contribution in [1.29, 1.82) is 0 Å². The van der Waals surface area contributed by atoms with Gasteiger partial charge in [0.1, 0.15) is 0 Å². The molecule has 0 unspecified atom stereocenters. The van der Waals surface area contributed by atoms with Gasteiger partial charge in [0.15, 0.2) is 0 Å². The molecule has 0 atom stereocenters.